The predicted molar refractivity (Wildman–Crippen MR) is 93.4 cm³/mol. The molecule has 0 radical (unpaired) electrons. The highest BCUT2D eigenvalue weighted by atomic mass is 16.2. The highest BCUT2D eigenvalue weighted by Crippen LogP contribution is 2.28. The third-order valence-corrected chi connectivity index (χ3v) is 4.61. The summed E-state index contributed by atoms with van der Waals surface area (Å²) in [6.45, 7) is 2.36. The Morgan fingerprint density at radius 1 is 1.12 bits per heavy atom. The molecule has 2 aliphatic heterocycles. The number of rotatable bonds is 7. The summed E-state index contributed by atoms with van der Waals surface area (Å²) >= 11 is 0. The molecule has 3 N–H and O–H groups in total. The van der Waals surface area contributed by atoms with E-state index in [4.69, 9.17) is 0 Å². The van der Waals surface area contributed by atoms with Gasteiger partial charge in [-0.15, -0.1) is 0 Å². The average Bonchev–Trinajstić information content (AvgIpc) is 2.86. The third-order valence-electron chi connectivity index (χ3n) is 4.61. The van der Waals surface area contributed by atoms with Crippen LogP contribution in [-0.4, -0.2) is 54.7 Å². The first-order chi connectivity index (χ1) is 12.5. The van der Waals surface area contributed by atoms with Crippen LogP contribution in [0.25, 0.3) is 0 Å². The van der Waals surface area contributed by atoms with E-state index in [0.29, 0.717) is 17.7 Å². The van der Waals surface area contributed by atoms with E-state index < -0.39 is 23.8 Å². The molecule has 0 saturated carbocycles. The Morgan fingerprint density at radius 3 is 2.62 bits per heavy atom. The van der Waals surface area contributed by atoms with Gasteiger partial charge >= 0.3 is 0 Å². The van der Waals surface area contributed by atoms with Crippen LogP contribution in [0.1, 0.15) is 45.5 Å². The van der Waals surface area contributed by atoms with Gasteiger partial charge in [-0.25, -0.2) is 0 Å². The largest absolute Gasteiger partial charge is 0.320 e. The van der Waals surface area contributed by atoms with Gasteiger partial charge in [0, 0.05) is 13.0 Å². The maximum Gasteiger partial charge on any atom is 0.262 e. The lowest BCUT2D eigenvalue weighted by atomic mass is 10.0. The number of nitrogens with zero attached hydrogens (tertiary/aromatic N) is 1. The molecular formula is C18H22N4O4. The quantitative estimate of drug-likeness (QED) is 0.460. The Hall–Kier alpha value is -2.58. The van der Waals surface area contributed by atoms with Gasteiger partial charge in [0.15, 0.2) is 0 Å². The fraction of sp³-hybridized carbons (Fsp3) is 0.444. The van der Waals surface area contributed by atoms with Crippen LogP contribution in [0.15, 0.2) is 18.2 Å². The minimum atomic E-state index is -0.928. The first kappa shape index (κ1) is 18.2. The van der Waals surface area contributed by atoms with Crippen molar-refractivity contribution in [2.45, 2.75) is 31.8 Å². The molecule has 138 valence electrons. The highest BCUT2D eigenvalue weighted by Gasteiger charge is 2.44. The molecule has 8 nitrogen and oxygen atoms in total. The van der Waals surface area contributed by atoms with Crippen molar-refractivity contribution in [3.05, 3.63) is 34.9 Å². The second kappa shape index (κ2) is 7.76. The SMILES string of the molecule is CNCCCNCc1ccc2c(c1)C(=O)N(C1CCC(=O)NC1=O)C2=O. The molecule has 1 aromatic rings. The molecule has 8 heteroatoms. The topological polar surface area (TPSA) is 108 Å². The van der Waals surface area contributed by atoms with Crippen molar-refractivity contribution in [1.82, 2.24) is 20.9 Å². The smallest absolute Gasteiger partial charge is 0.262 e. The van der Waals surface area contributed by atoms with E-state index in [1.165, 1.54) is 0 Å². The molecule has 0 aliphatic carbocycles. The number of fused-ring (bicyclic) bond motifs is 1. The number of nitrogens with one attached hydrogen (secondary N) is 3. The molecule has 0 spiro atoms. The Kier molecular flexibility index (Phi) is 5.43. The molecular weight excluding hydrogens is 336 g/mol. The van der Waals surface area contributed by atoms with Crippen LogP contribution in [-0.2, 0) is 16.1 Å². The number of hydrogen-bond donors (Lipinski definition) is 3. The van der Waals surface area contributed by atoms with Gasteiger partial charge in [0.1, 0.15) is 6.04 Å². The van der Waals surface area contributed by atoms with Crippen molar-refractivity contribution in [1.29, 1.82) is 0 Å². The lowest BCUT2D eigenvalue weighted by Crippen LogP contribution is -2.54. The first-order valence-corrected chi connectivity index (χ1v) is 8.72. The molecule has 1 atom stereocenters. The molecule has 2 aliphatic rings. The lowest BCUT2D eigenvalue weighted by molar-refractivity contribution is -0.136. The second-order valence-corrected chi connectivity index (χ2v) is 6.46. The molecule has 1 unspecified atom stereocenters. The van der Waals surface area contributed by atoms with Gasteiger partial charge in [0.2, 0.25) is 11.8 Å². The zero-order valence-electron chi connectivity index (χ0n) is 14.6. The molecule has 3 rings (SSSR count). The standard InChI is InChI=1S/C18H22N4O4/c1-19-7-2-8-20-10-11-3-4-12-13(9-11)18(26)22(17(12)25)14-5-6-15(23)21-16(14)24/h3-4,9,14,19-20H,2,5-8,10H2,1H3,(H,21,23,24). The van der Waals surface area contributed by atoms with Gasteiger partial charge in [-0.1, -0.05) is 6.07 Å². The maximum absolute atomic E-state index is 12.7. The van der Waals surface area contributed by atoms with Gasteiger partial charge in [-0.2, -0.15) is 0 Å². The number of piperidine rings is 1. The van der Waals surface area contributed by atoms with Gasteiger partial charge in [-0.3, -0.25) is 29.4 Å². The summed E-state index contributed by atoms with van der Waals surface area (Å²) in [6, 6.07) is 4.21. The van der Waals surface area contributed by atoms with Crippen molar-refractivity contribution in [2.75, 3.05) is 20.1 Å². The highest BCUT2D eigenvalue weighted by molar-refractivity contribution is 6.23. The molecule has 26 heavy (non-hydrogen) atoms. The molecule has 1 fully saturated rings. The number of carbonyl (C=O) groups excluding carboxylic acids is 4. The van der Waals surface area contributed by atoms with Crippen molar-refractivity contribution in [2.24, 2.45) is 0 Å². The Morgan fingerprint density at radius 2 is 1.88 bits per heavy atom. The molecule has 1 aromatic carbocycles. The molecule has 2 heterocycles. The average molecular weight is 358 g/mol. The van der Waals surface area contributed by atoms with E-state index >= 15 is 0 Å². The van der Waals surface area contributed by atoms with E-state index in [1.807, 2.05) is 13.1 Å². The van der Waals surface area contributed by atoms with Gasteiger partial charge in [0.25, 0.3) is 11.8 Å². The van der Waals surface area contributed by atoms with Gasteiger partial charge in [-0.05, 0) is 50.7 Å². The maximum atomic E-state index is 12.7. The summed E-state index contributed by atoms with van der Waals surface area (Å²) in [5.41, 5.74) is 1.52. The monoisotopic (exact) mass is 358 g/mol. The van der Waals surface area contributed by atoms with Crippen molar-refractivity contribution in [3.8, 4) is 0 Å². The zero-order valence-corrected chi connectivity index (χ0v) is 14.6. The van der Waals surface area contributed by atoms with Crippen LogP contribution in [0.3, 0.4) is 0 Å². The molecule has 0 bridgehead atoms. The van der Waals surface area contributed by atoms with Crippen LogP contribution in [0.5, 0.6) is 0 Å². The van der Waals surface area contributed by atoms with Gasteiger partial charge in [0.05, 0.1) is 11.1 Å². The molecule has 1 saturated heterocycles. The van der Waals surface area contributed by atoms with Crippen molar-refractivity contribution < 1.29 is 19.2 Å². The normalized spacial score (nSPS) is 19.7. The third kappa shape index (κ3) is 3.51. The van der Waals surface area contributed by atoms with E-state index in [1.54, 1.807) is 12.1 Å². The fourth-order valence-corrected chi connectivity index (χ4v) is 3.25. The number of imide groups is 2. The summed E-state index contributed by atoms with van der Waals surface area (Å²) in [7, 11) is 1.90. The van der Waals surface area contributed by atoms with Gasteiger partial charge < -0.3 is 10.6 Å². The number of benzene rings is 1. The van der Waals surface area contributed by atoms with Crippen LogP contribution < -0.4 is 16.0 Å². The molecule has 0 aromatic heterocycles. The minimum Gasteiger partial charge on any atom is -0.320 e. The minimum absolute atomic E-state index is 0.117. The van der Waals surface area contributed by atoms with Crippen molar-refractivity contribution in [3.63, 3.8) is 0 Å². The Bertz CT molecular complexity index is 762. The predicted octanol–water partition coefficient (Wildman–Crippen LogP) is -0.213. The number of carbonyl (C=O) groups is 4. The van der Waals surface area contributed by atoms with E-state index in [2.05, 4.69) is 16.0 Å². The summed E-state index contributed by atoms with van der Waals surface area (Å²) in [5.74, 6) is -1.93. The molecule has 4 amide bonds. The number of amides is 4. The van der Waals surface area contributed by atoms with E-state index in [0.717, 1.165) is 30.0 Å². The van der Waals surface area contributed by atoms with Crippen molar-refractivity contribution >= 4 is 23.6 Å². The second-order valence-electron chi connectivity index (χ2n) is 6.46. The van der Waals surface area contributed by atoms with Crippen LogP contribution in [0.4, 0.5) is 0 Å². The summed E-state index contributed by atoms with van der Waals surface area (Å²) in [5, 5.41) is 8.55. The van der Waals surface area contributed by atoms with E-state index in [-0.39, 0.29) is 18.7 Å². The van der Waals surface area contributed by atoms with Crippen LogP contribution >= 0.6 is 0 Å². The zero-order chi connectivity index (χ0) is 18.7. The first-order valence-electron chi connectivity index (χ1n) is 8.72. The lowest BCUT2D eigenvalue weighted by Gasteiger charge is -2.27. The summed E-state index contributed by atoms with van der Waals surface area (Å²) in [6.07, 6.45) is 1.27. The van der Waals surface area contributed by atoms with E-state index in [9.17, 15) is 19.2 Å². The summed E-state index contributed by atoms with van der Waals surface area (Å²) < 4.78 is 0. The number of hydrogen-bond acceptors (Lipinski definition) is 6. The fourth-order valence-electron chi connectivity index (χ4n) is 3.25. The Balaban J connectivity index is 1.71. The van der Waals surface area contributed by atoms with Crippen LogP contribution in [0, 0.1) is 0 Å². The Labute approximate surface area is 151 Å². The van der Waals surface area contributed by atoms with Crippen LogP contribution in [0.2, 0.25) is 0 Å². The summed E-state index contributed by atoms with van der Waals surface area (Å²) in [4.78, 5) is 49.6.